The number of amides is 3. The number of likely N-dealkylation sites (tertiary alicyclic amines) is 1. The molecule has 0 aliphatic carbocycles. The Hall–Kier alpha value is -2.76. The van der Waals surface area contributed by atoms with Crippen molar-refractivity contribution in [3.63, 3.8) is 0 Å². The number of hydrogen-bond acceptors (Lipinski definition) is 4. The average Bonchev–Trinajstić information content (AvgIpc) is 3.16. The molecule has 3 fully saturated rings. The molecule has 0 spiro atoms. The highest BCUT2D eigenvalue weighted by Crippen LogP contribution is 2.39. The summed E-state index contributed by atoms with van der Waals surface area (Å²) in [7, 11) is 0. The minimum Gasteiger partial charge on any atom is -0.331 e. The molecule has 2 aromatic rings. The number of nitrogens with zero attached hydrogens (tertiary/aromatic N) is 3. The molecule has 6 heteroatoms. The van der Waals surface area contributed by atoms with Gasteiger partial charge in [-0.25, -0.2) is 4.98 Å². The monoisotopic (exact) mass is 363 g/mol. The van der Waals surface area contributed by atoms with Crippen molar-refractivity contribution in [2.45, 2.75) is 56.7 Å². The van der Waals surface area contributed by atoms with Crippen LogP contribution < -0.4 is 0 Å². The van der Waals surface area contributed by atoms with E-state index in [2.05, 4.69) is 4.98 Å². The Labute approximate surface area is 157 Å². The first-order valence-electron chi connectivity index (χ1n) is 9.65. The molecule has 3 aliphatic heterocycles. The van der Waals surface area contributed by atoms with Crippen molar-refractivity contribution in [3.8, 4) is 0 Å². The van der Waals surface area contributed by atoms with Gasteiger partial charge in [-0.3, -0.25) is 19.3 Å². The van der Waals surface area contributed by atoms with E-state index < -0.39 is 0 Å². The molecule has 6 nitrogen and oxygen atoms in total. The average molecular weight is 363 g/mol. The second-order valence-electron chi connectivity index (χ2n) is 7.77. The van der Waals surface area contributed by atoms with Crippen molar-refractivity contribution in [3.05, 3.63) is 42.1 Å². The Morgan fingerprint density at radius 1 is 0.889 bits per heavy atom. The summed E-state index contributed by atoms with van der Waals surface area (Å²) in [6, 6.07) is 11.6. The van der Waals surface area contributed by atoms with Gasteiger partial charge in [-0.2, -0.15) is 0 Å². The maximum Gasteiger partial charge on any atom is 0.272 e. The van der Waals surface area contributed by atoms with Crippen LogP contribution in [0.15, 0.2) is 36.4 Å². The molecule has 5 rings (SSSR count). The lowest BCUT2D eigenvalue weighted by Crippen LogP contribution is -2.53. The van der Waals surface area contributed by atoms with Gasteiger partial charge in [0.25, 0.3) is 5.91 Å². The van der Waals surface area contributed by atoms with Gasteiger partial charge in [-0.05, 0) is 37.8 Å². The van der Waals surface area contributed by atoms with Gasteiger partial charge in [0.15, 0.2) is 0 Å². The van der Waals surface area contributed by atoms with Crippen molar-refractivity contribution >= 4 is 28.6 Å². The summed E-state index contributed by atoms with van der Waals surface area (Å²) in [5.41, 5.74) is 1.29. The molecule has 3 saturated heterocycles. The highest BCUT2D eigenvalue weighted by atomic mass is 16.2. The first-order valence-corrected chi connectivity index (χ1v) is 9.65. The Morgan fingerprint density at radius 2 is 1.56 bits per heavy atom. The summed E-state index contributed by atoms with van der Waals surface area (Å²) >= 11 is 0. The van der Waals surface area contributed by atoms with Crippen LogP contribution in [0.4, 0.5) is 0 Å². The van der Waals surface area contributed by atoms with Gasteiger partial charge in [0.1, 0.15) is 5.69 Å². The van der Waals surface area contributed by atoms with Crippen molar-refractivity contribution in [2.24, 2.45) is 0 Å². The molecule has 3 amide bonds. The first-order chi connectivity index (χ1) is 13.1. The molecule has 2 unspecified atom stereocenters. The van der Waals surface area contributed by atoms with Crippen LogP contribution in [0.2, 0.25) is 0 Å². The fraction of sp³-hybridized carbons (Fsp3) is 0.429. The van der Waals surface area contributed by atoms with Crippen LogP contribution in [-0.2, 0) is 9.59 Å². The number of imide groups is 1. The number of hydrogen-bond donors (Lipinski definition) is 0. The van der Waals surface area contributed by atoms with E-state index in [-0.39, 0.29) is 35.8 Å². The molecule has 1 aromatic heterocycles. The second kappa shape index (κ2) is 6.15. The van der Waals surface area contributed by atoms with Gasteiger partial charge in [0.05, 0.1) is 5.52 Å². The summed E-state index contributed by atoms with van der Waals surface area (Å²) in [6.45, 7) is 0. The predicted molar refractivity (Wildman–Crippen MR) is 98.8 cm³/mol. The maximum atomic E-state index is 13.2. The third-order valence-corrected chi connectivity index (χ3v) is 6.22. The summed E-state index contributed by atoms with van der Waals surface area (Å²) in [6.07, 6.45) is 3.89. The zero-order valence-electron chi connectivity index (χ0n) is 15.0. The van der Waals surface area contributed by atoms with Gasteiger partial charge in [0.2, 0.25) is 11.8 Å². The van der Waals surface area contributed by atoms with Gasteiger partial charge in [-0.1, -0.05) is 24.3 Å². The summed E-state index contributed by atoms with van der Waals surface area (Å²) < 4.78 is 0. The second-order valence-corrected chi connectivity index (χ2v) is 7.77. The Kier molecular flexibility index (Phi) is 3.74. The Morgan fingerprint density at radius 3 is 2.26 bits per heavy atom. The normalized spacial score (nSPS) is 27.6. The molecule has 4 heterocycles. The van der Waals surface area contributed by atoms with Crippen molar-refractivity contribution in [2.75, 3.05) is 0 Å². The lowest BCUT2D eigenvalue weighted by atomic mass is 9.95. The van der Waals surface area contributed by atoms with Gasteiger partial charge in [0, 0.05) is 36.4 Å². The lowest BCUT2D eigenvalue weighted by molar-refractivity contribution is -0.142. The van der Waals surface area contributed by atoms with Crippen LogP contribution in [0.5, 0.6) is 0 Å². The maximum absolute atomic E-state index is 13.2. The summed E-state index contributed by atoms with van der Waals surface area (Å²) in [5.74, 6) is -0.147. The molecule has 0 saturated carbocycles. The minimum absolute atomic E-state index is 0.0363. The quantitative estimate of drug-likeness (QED) is 0.769. The fourth-order valence-corrected chi connectivity index (χ4v) is 5.01. The SMILES string of the molecule is O=C1CCC(=O)N1C1CC2CCC(C1)N2C(=O)c1ccc2ccccc2n1. The third kappa shape index (κ3) is 2.62. The largest absolute Gasteiger partial charge is 0.331 e. The van der Waals surface area contributed by atoms with E-state index in [0.29, 0.717) is 31.4 Å². The number of piperidine rings is 1. The number of para-hydroxylation sites is 1. The van der Waals surface area contributed by atoms with E-state index in [1.807, 2.05) is 35.2 Å². The minimum atomic E-state index is -0.0568. The summed E-state index contributed by atoms with van der Waals surface area (Å²) in [4.78, 5) is 45.4. The van der Waals surface area contributed by atoms with Crippen LogP contribution in [0, 0.1) is 0 Å². The van der Waals surface area contributed by atoms with E-state index >= 15 is 0 Å². The van der Waals surface area contributed by atoms with E-state index in [9.17, 15) is 14.4 Å². The number of rotatable bonds is 2. The molecule has 3 aliphatic rings. The number of carbonyl (C=O) groups is 3. The Bertz CT molecular complexity index is 927. The lowest BCUT2D eigenvalue weighted by Gasteiger charge is -2.41. The first kappa shape index (κ1) is 16.4. The van der Waals surface area contributed by atoms with Crippen molar-refractivity contribution < 1.29 is 14.4 Å². The molecule has 138 valence electrons. The fourth-order valence-electron chi connectivity index (χ4n) is 5.01. The third-order valence-electron chi connectivity index (χ3n) is 6.22. The molecule has 27 heavy (non-hydrogen) atoms. The van der Waals surface area contributed by atoms with Crippen LogP contribution in [0.3, 0.4) is 0 Å². The van der Waals surface area contributed by atoms with E-state index in [4.69, 9.17) is 0 Å². The number of fused-ring (bicyclic) bond motifs is 3. The molecule has 2 bridgehead atoms. The predicted octanol–water partition coefficient (Wildman–Crippen LogP) is 2.52. The Balaban J connectivity index is 1.39. The number of pyridine rings is 1. The zero-order valence-corrected chi connectivity index (χ0v) is 15.0. The van der Waals surface area contributed by atoms with E-state index in [1.165, 1.54) is 4.90 Å². The van der Waals surface area contributed by atoms with Gasteiger partial charge < -0.3 is 4.90 Å². The van der Waals surface area contributed by atoms with Crippen molar-refractivity contribution in [1.29, 1.82) is 0 Å². The number of aromatic nitrogens is 1. The molecule has 1 aromatic carbocycles. The van der Waals surface area contributed by atoms with Crippen LogP contribution >= 0.6 is 0 Å². The number of carbonyl (C=O) groups excluding carboxylic acids is 3. The molecule has 2 atom stereocenters. The number of benzene rings is 1. The van der Waals surface area contributed by atoms with E-state index in [0.717, 1.165) is 23.7 Å². The molecular formula is C21H21N3O3. The highest BCUT2D eigenvalue weighted by molar-refractivity contribution is 6.02. The summed E-state index contributed by atoms with van der Waals surface area (Å²) in [5, 5.41) is 1.02. The van der Waals surface area contributed by atoms with Crippen LogP contribution in [0.1, 0.15) is 49.0 Å². The zero-order chi connectivity index (χ0) is 18.5. The van der Waals surface area contributed by atoms with E-state index in [1.54, 1.807) is 6.07 Å². The topological polar surface area (TPSA) is 70.6 Å². The smallest absolute Gasteiger partial charge is 0.272 e. The van der Waals surface area contributed by atoms with Crippen molar-refractivity contribution in [1.82, 2.24) is 14.8 Å². The van der Waals surface area contributed by atoms with Crippen LogP contribution in [-0.4, -0.2) is 50.6 Å². The molecular weight excluding hydrogens is 342 g/mol. The van der Waals surface area contributed by atoms with Crippen LogP contribution in [0.25, 0.3) is 10.9 Å². The standard InChI is InChI=1S/C21H21N3O3/c25-19-9-10-20(26)24(19)16-11-14-6-7-15(12-16)23(14)21(27)18-8-5-13-3-1-2-4-17(13)22-18/h1-5,8,14-16H,6-7,9-12H2. The molecule has 0 N–H and O–H groups in total. The van der Waals surface area contributed by atoms with Gasteiger partial charge >= 0.3 is 0 Å². The molecule has 0 radical (unpaired) electrons. The van der Waals surface area contributed by atoms with Gasteiger partial charge in [-0.15, -0.1) is 0 Å². The highest BCUT2D eigenvalue weighted by Gasteiger charge is 2.48.